The van der Waals surface area contributed by atoms with Crippen LogP contribution in [-0.2, 0) is 11.2 Å². The maximum absolute atomic E-state index is 11.3. The number of aromatic nitrogens is 1. The van der Waals surface area contributed by atoms with Gasteiger partial charge in [-0.1, -0.05) is 0 Å². The summed E-state index contributed by atoms with van der Waals surface area (Å²) in [4.78, 5) is 26.8. The molecule has 1 rings (SSSR count). The van der Waals surface area contributed by atoms with E-state index in [-0.39, 0.29) is 12.3 Å². The smallest absolute Gasteiger partial charge is 0.321 e. The molecule has 0 aliphatic rings. The van der Waals surface area contributed by atoms with E-state index in [0.29, 0.717) is 6.42 Å². The first-order valence-electron chi connectivity index (χ1n) is 4.04. The van der Waals surface area contributed by atoms with Gasteiger partial charge in [0.1, 0.15) is 0 Å². The summed E-state index contributed by atoms with van der Waals surface area (Å²) in [7, 11) is 1.37. The average molecular weight is 213 g/mol. The third kappa shape index (κ3) is 2.81. The van der Waals surface area contributed by atoms with Crippen molar-refractivity contribution in [3.63, 3.8) is 0 Å². The molecule has 0 radical (unpaired) electrons. The maximum atomic E-state index is 11.3. The number of nitrogens with two attached hydrogens (primary N) is 1. The normalized spacial score (nSPS) is 9.79. The Morgan fingerprint density at radius 2 is 2.36 bits per heavy atom. The number of thiazole rings is 1. The molecule has 0 aliphatic carbocycles. The van der Waals surface area contributed by atoms with E-state index < -0.39 is 6.03 Å². The van der Waals surface area contributed by atoms with Crippen LogP contribution in [0.3, 0.4) is 0 Å². The number of imide groups is 1. The van der Waals surface area contributed by atoms with Gasteiger partial charge in [-0.15, -0.1) is 11.3 Å². The minimum atomic E-state index is -0.728. The molecule has 0 saturated carbocycles. The van der Waals surface area contributed by atoms with E-state index in [1.54, 1.807) is 5.51 Å². The third-order valence-electron chi connectivity index (χ3n) is 1.78. The molecular formula is C8H11N3O2S. The van der Waals surface area contributed by atoms with E-state index in [2.05, 4.69) is 4.98 Å². The quantitative estimate of drug-likeness (QED) is 0.799. The molecule has 5 nitrogen and oxygen atoms in total. The second kappa shape index (κ2) is 4.71. The maximum Gasteiger partial charge on any atom is 0.321 e. The number of carbonyl (C=O) groups excluding carboxylic acids is 2. The van der Waals surface area contributed by atoms with Crippen molar-refractivity contribution < 1.29 is 9.59 Å². The number of primary amides is 1. The molecule has 1 heterocycles. The minimum Gasteiger partial charge on any atom is -0.351 e. The second-order valence-corrected chi connectivity index (χ2v) is 3.49. The lowest BCUT2D eigenvalue weighted by molar-refractivity contribution is -0.127. The zero-order valence-corrected chi connectivity index (χ0v) is 8.58. The predicted molar refractivity (Wildman–Crippen MR) is 52.8 cm³/mol. The Labute approximate surface area is 85.5 Å². The summed E-state index contributed by atoms with van der Waals surface area (Å²) < 4.78 is 0. The van der Waals surface area contributed by atoms with Gasteiger partial charge < -0.3 is 5.73 Å². The van der Waals surface area contributed by atoms with Crippen molar-refractivity contribution in [2.45, 2.75) is 12.8 Å². The average Bonchev–Trinajstić information content (AvgIpc) is 2.65. The lowest BCUT2D eigenvalue weighted by Crippen LogP contribution is -2.37. The van der Waals surface area contributed by atoms with Gasteiger partial charge in [-0.2, -0.15) is 0 Å². The van der Waals surface area contributed by atoms with Gasteiger partial charge in [-0.3, -0.25) is 9.69 Å². The largest absolute Gasteiger partial charge is 0.351 e. The van der Waals surface area contributed by atoms with Crippen LogP contribution in [0.1, 0.15) is 12.1 Å². The fourth-order valence-corrected chi connectivity index (χ4v) is 1.48. The van der Waals surface area contributed by atoms with Crippen molar-refractivity contribution in [1.82, 2.24) is 9.88 Å². The number of urea groups is 1. The molecule has 76 valence electrons. The summed E-state index contributed by atoms with van der Waals surface area (Å²) in [6, 6.07) is -0.728. The number of rotatable bonds is 3. The highest BCUT2D eigenvalue weighted by molar-refractivity contribution is 7.07. The first-order chi connectivity index (χ1) is 6.61. The number of hydrogen-bond donors (Lipinski definition) is 1. The Bertz CT molecular complexity index is 323. The molecule has 0 saturated heterocycles. The summed E-state index contributed by atoms with van der Waals surface area (Å²) in [6.07, 6.45) is 0.795. The van der Waals surface area contributed by atoms with Crippen molar-refractivity contribution in [2.75, 3.05) is 7.05 Å². The van der Waals surface area contributed by atoms with Gasteiger partial charge in [0, 0.05) is 18.8 Å². The summed E-state index contributed by atoms with van der Waals surface area (Å²) >= 11 is 1.48. The van der Waals surface area contributed by atoms with E-state index in [4.69, 9.17) is 5.73 Å². The molecule has 1 aromatic heterocycles. The highest BCUT2D eigenvalue weighted by Crippen LogP contribution is 2.04. The number of aryl methyl sites for hydroxylation is 1. The standard InChI is InChI=1S/C8H11N3O2S/c1-11(8(9)13)7(12)3-2-6-4-14-5-10-6/h4-5H,2-3H2,1H3,(H2,9,13). The van der Waals surface area contributed by atoms with Crippen LogP contribution < -0.4 is 5.73 Å². The Morgan fingerprint density at radius 1 is 1.64 bits per heavy atom. The molecule has 14 heavy (non-hydrogen) atoms. The molecule has 6 heteroatoms. The zero-order valence-electron chi connectivity index (χ0n) is 7.77. The minimum absolute atomic E-state index is 0.253. The summed E-state index contributed by atoms with van der Waals surface area (Å²) in [6.45, 7) is 0. The Hall–Kier alpha value is -1.43. The first-order valence-corrected chi connectivity index (χ1v) is 4.98. The van der Waals surface area contributed by atoms with Crippen LogP contribution in [0.5, 0.6) is 0 Å². The van der Waals surface area contributed by atoms with Gasteiger partial charge in [0.2, 0.25) is 5.91 Å². The van der Waals surface area contributed by atoms with E-state index in [9.17, 15) is 9.59 Å². The van der Waals surface area contributed by atoms with Crippen molar-refractivity contribution in [1.29, 1.82) is 0 Å². The Kier molecular flexibility index (Phi) is 3.58. The van der Waals surface area contributed by atoms with Gasteiger partial charge >= 0.3 is 6.03 Å². The molecule has 2 N–H and O–H groups in total. The van der Waals surface area contributed by atoms with Crippen LogP contribution in [0.2, 0.25) is 0 Å². The van der Waals surface area contributed by atoms with E-state index in [0.717, 1.165) is 10.6 Å². The number of nitrogens with zero attached hydrogens (tertiary/aromatic N) is 2. The second-order valence-electron chi connectivity index (χ2n) is 2.77. The van der Waals surface area contributed by atoms with Gasteiger partial charge in [-0.05, 0) is 6.42 Å². The van der Waals surface area contributed by atoms with Crippen LogP contribution in [0.25, 0.3) is 0 Å². The molecule has 0 aliphatic heterocycles. The number of hydrogen-bond acceptors (Lipinski definition) is 4. The molecule has 0 atom stereocenters. The van der Waals surface area contributed by atoms with Gasteiger partial charge in [0.25, 0.3) is 0 Å². The van der Waals surface area contributed by atoms with E-state index >= 15 is 0 Å². The zero-order chi connectivity index (χ0) is 10.6. The Morgan fingerprint density at radius 3 is 2.86 bits per heavy atom. The van der Waals surface area contributed by atoms with Crippen molar-refractivity contribution in [3.05, 3.63) is 16.6 Å². The molecule has 3 amide bonds. The number of carbonyl (C=O) groups is 2. The predicted octanol–water partition coefficient (Wildman–Crippen LogP) is 0.613. The van der Waals surface area contributed by atoms with Crippen LogP contribution in [0.15, 0.2) is 10.9 Å². The lowest BCUT2D eigenvalue weighted by atomic mass is 10.2. The molecular weight excluding hydrogens is 202 g/mol. The Balaban J connectivity index is 2.39. The van der Waals surface area contributed by atoms with E-state index in [1.807, 2.05) is 5.38 Å². The van der Waals surface area contributed by atoms with Crippen molar-refractivity contribution in [2.24, 2.45) is 5.73 Å². The SMILES string of the molecule is CN(C(N)=O)C(=O)CCc1cscn1. The van der Waals surface area contributed by atoms with Crippen LogP contribution in [0, 0.1) is 0 Å². The fraction of sp³-hybridized carbons (Fsp3) is 0.375. The van der Waals surface area contributed by atoms with Crippen LogP contribution >= 0.6 is 11.3 Å². The monoisotopic (exact) mass is 213 g/mol. The highest BCUT2D eigenvalue weighted by Gasteiger charge is 2.13. The first kappa shape index (κ1) is 10.6. The molecule has 0 spiro atoms. The van der Waals surface area contributed by atoms with Gasteiger partial charge in [0.15, 0.2) is 0 Å². The topological polar surface area (TPSA) is 76.3 Å². The van der Waals surface area contributed by atoms with Crippen molar-refractivity contribution in [3.8, 4) is 0 Å². The summed E-state index contributed by atoms with van der Waals surface area (Å²) in [5.74, 6) is -0.287. The molecule has 0 aromatic carbocycles. The summed E-state index contributed by atoms with van der Waals surface area (Å²) in [5, 5.41) is 1.87. The lowest BCUT2D eigenvalue weighted by Gasteiger charge is -2.10. The summed E-state index contributed by atoms with van der Waals surface area (Å²) in [5.41, 5.74) is 7.51. The third-order valence-corrected chi connectivity index (χ3v) is 2.42. The van der Waals surface area contributed by atoms with Crippen molar-refractivity contribution >= 4 is 23.3 Å². The molecule has 1 aromatic rings. The van der Waals surface area contributed by atoms with Gasteiger partial charge in [0.05, 0.1) is 11.2 Å². The molecule has 0 fully saturated rings. The van der Waals surface area contributed by atoms with Crippen LogP contribution in [0.4, 0.5) is 4.79 Å². The highest BCUT2D eigenvalue weighted by atomic mass is 32.1. The molecule has 0 bridgehead atoms. The molecule has 0 unspecified atom stereocenters. The van der Waals surface area contributed by atoms with Crippen LogP contribution in [-0.4, -0.2) is 28.9 Å². The number of amides is 3. The van der Waals surface area contributed by atoms with E-state index in [1.165, 1.54) is 18.4 Å². The van der Waals surface area contributed by atoms with Gasteiger partial charge in [-0.25, -0.2) is 9.78 Å². The fourth-order valence-electron chi connectivity index (χ4n) is 0.887.